The average Bonchev–Trinajstić information content (AvgIpc) is 2.77. The van der Waals surface area contributed by atoms with Gasteiger partial charge in [0, 0.05) is 0 Å². The van der Waals surface area contributed by atoms with Crippen LogP contribution in [-0.4, -0.2) is 13.2 Å². The second-order valence-corrected chi connectivity index (χ2v) is 4.66. The predicted molar refractivity (Wildman–Crippen MR) is 59.2 cm³/mol. The highest BCUT2D eigenvalue weighted by Gasteiger charge is 2.57. The molecule has 0 aromatic carbocycles. The largest absolute Gasteiger partial charge is 0.373 e. The number of fused-ring (bicyclic) bond motifs is 1. The van der Waals surface area contributed by atoms with Gasteiger partial charge in [0.2, 0.25) is 0 Å². The van der Waals surface area contributed by atoms with Crippen LogP contribution in [0.15, 0.2) is 24.3 Å². The molecule has 0 amide bonds. The zero-order valence-electron chi connectivity index (χ0n) is 9.09. The van der Waals surface area contributed by atoms with Crippen molar-refractivity contribution in [1.29, 1.82) is 0 Å². The maximum Gasteiger partial charge on any atom is 0.0654 e. The summed E-state index contributed by atoms with van der Waals surface area (Å²) in [5.41, 5.74) is 2.20. The molecule has 2 rings (SSSR count). The molecule has 0 aromatic heterocycles. The summed E-state index contributed by atoms with van der Waals surface area (Å²) in [7, 11) is 0. The van der Waals surface area contributed by atoms with Crippen molar-refractivity contribution in [3.8, 4) is 0 Å². The summed E-state index contributed by atoms with van der Waals surface area (Å²) in [6.07, 6.45) is 9.83. The van der Waals surface area contributed by atoms with Crippen LogP contribution in [-0.2, 0) is 4.74 Å². The van der Waals surface area contributed by atoms with E-state index in [2.05, 4.69) is 19.6 Å². The highest BCUT2D eigenvalue weighted by molar-refractivity contribution is 5.26. The minimum Gasteiger partial charge on any atom is -0.373 e. The Kier molecular flexibility index (Phi) is 2.78. The molecular formula is C13H20O. The molecule has 0 radical (unpaired) electrons. The summed E-state index contributed by atoms with van der Waals surface area (Å²) < 4.78 is 5.38. The minimum atomic E-state index is 0.623. The van der Waals surface area contributed by atoms with Crippen LogP contribution in [0.1, 0.15) is 32.6 Å². The molecule has 1 heteroatoms. The summed E-state index contributed by atoms with van der Waals surface area (Å²) in [5, 5.41) is 0. The number of ether oxygens (including phenoxy) is 1. The van der Waals surface area contributed by atoms with E-state index in [9.17, 15) is 0 Å². The van der Waals surface area contributed by atoms with Crippen molar-refractivity contribution in [2.45, 2.75) is 32.6 Å². The monoisotopic (exact) mass is 192 g/mol. The Labute approximate surface area is 86.8 Å². The van der Waals surface area contributed by atoms with E-state index in [4.69, 9.17) is 4.74 Å². The molecule has 2 saturated carbocycles. The van der Waals surface area contributed by atoms with Crippen LogP contribution < -0.4 is 0 Å². The molecule has 0 N–H and O–H groups in total. The van der Waals surface area contributed by atoms with Crippen LogP contribution >= 0.6 is 0 Å². The van der Waals surface area contributed by atoms with Gasteiger partial charge in [-0.3, -0.25) is 0 Å². The van der Waals surface area contributed by atoms with E-state index in [1.165, 1.54) is 25.7 Å². The van der Waals surface area contributed by atoms with Gasteiger partial charge in [0.15, 0.2) is 0 Å². The molecule has 2 fully saturated rings. The summed E-state index contributed by atoms with van der Waals surface area (Å²) >= 11 is 0. The van der Waals surface area contributed by atoms with Gasteiger partial charge in [-0.15, -0.1) is 6.58 Å². The summed E-state index contributed by atoms with van der Waals surface area (Å²) in [6.45, 7) is 7.33. The third-order valence-electron chi connectivity index (χ3n) is 3.94. The molecule has 2 atom stereocenters. The summed E-state index contributed by atoms with van der Waals surface area (Å²) in [5.74, 6) is 1.01. The number of allylic oxidation sites excluding steroid dienone is 1. The molecule has 2 unspecified atom stereocenters. The Morgan fingerprint density at radius 2 is 2.43 bits per heavy atom. The molecule has 0 heterocycles. The van der Waals surface area contributed by atoms with Gasteiger partial charge in [-0.25, -0.2) is 0 Å². The van der Waals surface area contributed by atoms with Gasteiger partial charge >= 0.3 is 0 Å². The first kappa shape index (κ1) is 9.97. The third-order valence-corrected chi connectivity index (χ3v) is 3.94. The molecule has 0 spiro atoms. The van der Waals surface area contributed by atoms with E-state index >= 15 is 0 Å². The SMILES string of the molecule is C=CCOC/C=C(\C)C12CCCC1C2. The first-order chi connectivity index (χ1) is 6.79. The van der Waals surface area contributed by atoms with Gasteiger partial charge in [0.05, 0.1) is 13.2 Å². The topological polar surface area (TPSA) is 9.23 Å². The fourth-order valence-corrected chi connectivity index (χ4v) is 2.95. The lowest BCUT2D eigenvalue weighted by molar-refractivity contribution is 0.193. The molecule has 2 aliphatic carbocycles. The molecular weight excluding hydrogens is 172 g/mol. The lowest BCUT2D eigenvalue weighted by Crippen LogP contribution is -2.02. The Morgan fingerprint density at radius 1 is 1.57 bits per heavy atom. The van der Waals surface area contributed by atoms with Crippen molar-refractivity contribution in [1.82, 2.24) is 0 Å². The zero-order chi connectivity index (χ0) is 10.0. The molecule has 0 saturated heterocycles. The molecule has 78 valence electrons. The number of rotatable bonds is 5. The van der Waals surface area contributed by atoms with E-state index < -0.39 is 0 Å². The predicted octanol–water partition coefficient (Wildman–Crippen LogP) is 3.33. The van der Waals surface area contributed by atoms with E-state index in [1.54, 1.807) is 11.6 Å². The first-order valence-corrected chi connectivity index (χ1v) is 5.65. The van der Waals surface area contributed by atoms with Gasteiger partial charge in [-0.05, 0) is 37.5 Å². The number of hydrogen-bond acceptors (Lipinski definition) is 1. The molecule has 2 aliphatic rings. The second-order valence-electron chi connectivity index (χ2n) is 4.66. The van der Waals surface area contributed by atoms with Gasteiger partial charge in [-0.1, -0.05) is 24.1 Å². The smallest absolute Gasteiger partial charge is 0.0654 e. The van der Waals surface area contributed by atoms with Gasteiger partial charge in [0.1, 0.15) is 0 Å². The van der Waals surface area contributed by atoms with E-state index in [0.29, 0.717) is 12.0 Å². The first-order valence-electron chi connectivity index (χ1n) is 5.65. The maximum atomic E-state index is 5.38. The van der Waals surface area contributed by atoms with Crippen LogP contribution in [0.5, 0.6) is 0 Å². The minimum absolute atomic E-state index is 0.623. The van der Waals surface area contributed by atoms with Gasteiger partial charge in [0.25, 0.3) is 0 Å². The zero-order valence-corrected chi connectivity index (χ0v) is 9.09. The van der Waals surface area contributed by atoms with Crippen LogP contribution in [0, 0.1) is 11.3 Å². The van der Waals surface area contributed by atoms with Crippen LogP contribution in [0.3, 0.4) is 0 Å². The fraction of sp³-hybridized carbons (Fsp3) is 0.692. The normalized spacial score (nSPS) is 35.5. The lowest BCUT2D eigenvalue weighted by Gasteiger charge is -2.12. The van der Waals surface area contributed by atoms with Crippen molar-refractivity contribution in [3.05, 3.63) is 24.3 Å². The quantitative estimate of drug-likeness (QED) is 0.479. The summed E-state index contributed by atoms with van der Waals surface area (Å²) in [6, 6.07) is 0. The Bertz CT molecular complexity index is 254. The highest BCUT2D eigenvalue weighted by Crippen LogP contribution is 2.67. The van der Waals surface area contributed by atoms with Crippen molar-refractivity contribution >= 4 is 0 Å². The lowest BCUT2D eigenvalue weighted by atomic mass is 9.94. The van der Waals surface area contributed by atoms with Crippen LogP contribution in [0.4, 0.5) is 0 Å². The van der Waals surface area contributed by atoms with Gasteiger partial charge in [-0.2, -0.15) is 0 Å². The van der Waals surface area contributed by atoms with E-state index in [-0.39, 0.29) is 0 Å². The Balaban J connectivity index is 1.82. The van der Waals surface area contributed by atoms with Crippen molar-refractivity contribution in [3.63, 3.8) is 0 Å². The third kappa shape index (κ3) is 1.66. The van der Waals surface area contributed by atoms with Gasteiger partial charge < -0.3 is 4.74 Å². The molecule has 0 aromatic rings. The van der Waals surface area contributed by atoms with E-state index in [0.717, 1.165) is 12.5 Å². The molecule has 0 bridgehead atoms. The van der Waals surface area contributed by atoms with E-state index in [1.807, 2.05) is 0 Å². The standard InChI is InChI=1S/C13H20O/c1-3-8-14-9-6-11(2)13-7-4-5-12(13)10-13/h3,6,12H,1,4-5,7-10H2,2H3/b11-6+. The number of hydrogen-bond donors (Lipinski definition) is 0. The average molecular weight is 192 g/mol. The maximum absolute atomic E-state index is 5.38. The second kappa shape index (κ2) is 3.90. The van der Waals surface area contributed by atoms with Crippen LogP contribution in [0.25, 0.3) is 0 Å². The Morgan fingerprint density at radius 3 is 3.00 bits per heavy atom. The molecule has 14 heavy (non-hydrogen) atoms. The Hall–Kier alpha value is -0.560. The van der Waals surface area contributed by atoms with Crippen molar-refractivity contribution < 1.29 is 4.74 Å². The van der Waals surface area contributed by atoms with Crippen LogP contribution in [0.2, 0.25) is 0 Å². The van der Waals surface area contributed by atoms with Crippen molar-refractivity contribution in [2.24, 2.45) is 11.3 Å². The molecule has 1 nitrogen and oxygen atoms in total. The fourth-order valence-electron chi connectivity index (χ4n) is 2.95. The van der Waals surface area contributed by atoms with Crippen molar-refractivity contribution in [2.75, 3.05) is 13.2 Å². The highest BCUT2D eigenvalue weighted by atomic mass is 16.5. The summed E-state index contributed by atoms with van der Waals surface area (Å²) in [4.78, 5) is 0. The molecule has 0 aliphatic heterocycles.